The second kappa shape index (κ2) is 18.2. The lowest BCUT2D eigenvalue weighted by molar-refractivity contribution is -0.122. The van der Waals surface area contributed by atoms with Gasteiger partial charge in [-0.2, -0.15) is 0 Å². The number of benzene rings is 5. The number of ether oxygens (including phenoxy) is 2. The molecule has 1 aliphatic rings. The molecule has 0 saturated heterocycles. The Hall–Kier alpha value is -5.54. The maximum absolute atomic E-state index is 14.0. The number of carbonyl (C=O) groups excluding carboxylic acids is 3. The number of hydrogen-bond donors (Lipinski definition) is 3. The summed E-state index contributed by atoms with van der Waals surface area (Å²) in [6.07, 6.45) is 0.125. The average molecular weight is 756 g/mol. The van der Waals surface area contributed by atoms with Crippen LogP contribution in [0.3, 0.4) is 0 Å². The standard InChI is InChI=1S/C46H49N3O5S/c1-45(2,3)54-43(51)48-30-18-17-29-47-42(50)41(49-44(52)53-31-40-38-27-15-13-25-36(38)37-26-14-16-28-39(37)40)32-55-46(33-19-7-4-8-20-33,34-21-9-5-10-22-34)35-23-11-6-12-24-35/h4-16,19-28,40-41H,17-18,29-32H2,1-3H3,(H,47,50)(H,48,51)(H,49,52)/t41-/m0/s1. The van der Waals surface area contributed by atoms with Crippen molar-refractivity contribution < 1.29 is 23.9 Å². The van der Waals surface area contributed by atoms with Crippen LogP contribution in [0.25, 0.3) is 11.1 Å². The zero-order chi connectivity index (χ0) is 38.7. The smallest absolute Gasteiger partial charge is 0.407 e. The largest absolute Gasteiger partial charge is 0.449 e. The Labute approximate surface area is 328 Å². The fraction of sp³-hybridized carbons (Fsp3) is 0.283. The van der Waals surface area contributed by atoms with E-state index >= 15 is 0 Å². The van der Waals surface area contributed by atoms with Crippen LogP contribution in [-0.4, -0.2) is 55.2 Å². The van der Waals surface area contributed by atoms with Crippen molar-refractivity contribution in [1.29, 1.82) is 0 Å². The normalized spacial score (nSPS) is 12.9. The molecule has 5 aromatic rings. The van der Waals surface area contributed by atoms with E-state index < -0.39 is 28.6 Å². The van der Waals surface area contributed by atoms with E-state index in [1.54, 1.807) is 11.8 Å². The van der Waals surface area contributed by atoms with Crippen LogP contribution in [0, 0.1) is 0 Å². The van der Waals surface area contributed by atoms with Crippen LogP contribution in [0.4, 0.5) is 9.59 Å². The van der Waals surface area contributed by atoms with Crippen LogP contribution >= 0.6 is 11.8 Å². The van der Waals surface area contributed by atoms with Gasteiger partial charge in [-0.25, -0.2) is 9.59 Å². The molecule has 1 aliphatic carbocycles. The van der Waals surface area contributed by atoms with Crippen molar-refractivity contribution in [2.24, 2.45) is 0 Å². The predicted molar refractivity (Wildman–Crippen MR) is 220 cm³/mol. The number of fused-ring (bicyclic) bond motifs is 3. The maximum atomic E-state index is 14.0. The lowest BCUT2D eigenvalue weighted by Gasteiger charge is -2.36. The summed E-state index contributed by atoms with van der Waals surface area (Å²) < 4.78 is 10.5. The van der Waals surface area contributed by atoms with Gasteiger partial charge in [-0.3, -0.25) is 4.79 Å². The molecule has 284 valence electrons. The first-order valence-electron chi connectivity index (χ1n) is 18.8. The molecule has 55 heavy (non-hydrogen) atoms. The highest BCUT2D eigenvalue weighted by Crippen LogP contribution is 2.49. The molecule has 3 N–H and O–H groups in total. The van der Waals surface area contributed by atoms with Gasteiger partial charge in [-0.1, -0.05) is 140 Å². The Morgan fingerprint density at radius 2 is 1.07 bits per heavy atom. The third kappa shape index (κ3) is 9.77. The van der Waals surface area contributed by atoms with Crippen molar-refractivity contribution in [3.8, 4) is 11.1 Å². The van der Waals surface area contributed by atoms with Crippen LogP contribution in [0.1, 0.15) is 67.3 Å². The predicted octanol–water partition coefficient (Wildman–Crippen LogP) is 9.04. The van der Waals surface area contributed by atoms with Gasteiger partial charge in [0, 0.05) is 24.8 Å². The van der Waals surface area contributed by atoms with E-state index in [1.807, 2.05) is 99.6 Å². The fourth-order valence-corrected chi connectivity index (χ4v) is 8.59. The molecule has 0 unspecified atom stereocenters. The first-order chi connectivity index (χ1) is 26.7. The van der Waals surface area contributed by atoms with Gasteiger partial charge in [-0.15, -0.1) is 11.8 Å². The van der Waals surface area contributed by atoms with Crippen molar-refractivity contribution >= 4 is 29.9 Å². The molecule has 0 bridgehead atoms. The summed E-state index contributed by atoms with van der Waals surface area (Å²) in [6, 6.07) is 46.2. The summed E-state index contributed by atoms with van der Waals surface area (Å²) in [5, 5.41) is 8.72. The van der Waals surface area contributed by atoms with Crippen LogP contribution in [-0.2, 0) is 19.0 Å². The van der Waals surface area contributed by atoms with E-state index in [0.29, 0.717) is 25.9 Å². The topological polar surface area (TPSA) is 106 Å². The molecule has 1 atom stereocenters. The molecule has 6 rings (SSSR count). The van der Waals surface area contributed by atoms with Gasteiger partial charge in [0.2, 0.25) is 5.91 Å². The second-order valence-corrected chi connectivity index (χ2v) is 15.8. The van der Waals surface area contributed by atoms with Gasteiger partial charge in [-0.05, 0) is 72.6 Å². The highest BCUT2D eigenvalue weighted by Gasteiger charge is 2.39. The van der Waals surface area contributed by atoms with Crippen molar-refractivity contribution in [2.45, 2.75) is 55.9 Å². The van der Waals surface area contributed by atoms with Gasteiger partial charge in [0.15, 0.2) is 0 Å². The lowest BCUT2D eigenvalue weighted by Crippen LogP contribution is -2.49. The highest BCUT2D eigenvalue weighted by molar-refractivity contribution is 8.00. The van der Waals surface area contributed by atoms with Gasteiger partial charge < -0.3 is 25.4 Å². The van der Waals surface area contributed by atoms with E-state index in [2.05, 4.69) is 76.6 Å². The van der Waals surface area contributed by atoms with E-state index in [4.69, 9.17) is 9.47 Å². The molecule has 8 nitrogen and oxygen atoms in total. The SMILES string of the molecule is CC(C)(C)OC(=O)NCCCCNC(=O)[C@H](CSC(c1ccccc1)(c1ccccc1)c1ccccc1)NC(=O)OCC1c2ccccc2-c2ccccc21. The Morgan fingerprint density at radius 1 is 0.618 bits per heavy atom. The summed E-state index contributed by atoms with van der Waals surface area (Å²) >= 11 is 1.59. The Kier molecular flexibility index (Phi) is 13.0. The van der Waals surface area contributed by atoms with Crippen molar-refractivity contribution in [1.82, 2.24) is 16.0 Å². The number of alkyl carbamates (subject to hydrolysis) is 2. The van der Waals surface area contributed by atoms with Crippen molar-refractivity contribution in [3.05, 3.63) is 167 Å². The summed E-state index contributed by atoms with van der Waals surface area (Å²) in [5.74, 6) is -0.185. The molecule has 0 aliphatic heterocycles. The molecule has 0 heterocycles. The minimum atomic E-state index is -0.920. The number of amides is 3. The molecule has 0 saturated carbocycles. The summed E-state index contributed by atoms with van der Waals surface area (Å²) in [4.78, 5) is 39.7. The van der Waals surface area contributed by atoms with Gasteiger partial charge in [0.1, 0.15) is 18.2 Å². The molecule has 0 spiro atoms. The Balaban J connectivity index is 1.20. The van der Waals surface area contributed by atoms with Crippen LogP contribution in [0.5, 0.6) is 0 Å². The molecule has 0 fully saturated rings. The number of nitrogens with one attached hydrogen (secondary N) is 3. The van der Waals surface area contributed by atoms with E-state index in [9.17, 15) is 14.4 Å². The third-order valence-corrected chi connectivity index (χ3v) is 11.2. The number of thioether (sulfide) groups is 1. The van der Waals surface area contributed by atoms with Gasteiger partial charge in [0.25, 0.3) is 0 Å². The van der Waals surface area contributed by atoms with Gasteiger partial charge >= 0.3 is 12.2 Å². The quantitative estimate of drug-likeness (QED) is 0.0728. The highest BCUT2D eigenvalue weighted by atomic mass is 32.2. The number of rotatable bonds is 15. The maximum Gasteiger partial charge on any atom is 0.407 e. The molecule has 0 radical (unpaired) electrons. The van der Waals surface area contributed by atoms with E-state index in [0.717, 1.165) is 38.9 Å². The van der Waals surface area contributed by atoms with Crippen molar-refractivity contribution in [2.75, 3.05) is 25.4 Å². The molecule has 0 aromatic heterocycles. The van der Waals surface area contributed by atoms with Crippen LogP contribution in [0.15, 0.2) is 140 Å². The third-order valence-electron chi connectivity index (χ3n) is 9.53. The molecule has 9 heteroatoms. The number of unbranched alkanes of at least 4 members (excludes halogenated alkanes) is 1. The van der Waals surface area contributed by atoms with Gasteiger partial charge in [0.05, 0.1) is 4.75 Å². The molecular formula is C46H49N3O5S. The zero-order valence-electron chi connectivity index (χ0n) is 31.6. The fourth-order valence-electron chi connectivity index (χ4n) is 7.03. The summed E-state index contributed by atoms with van der Waals surface area (Å²) in [7, 11) is 0. The number of hydrogen-bond acceptors (Lipinski definition) is 6. The first-order valence-corrected chi connectivity index (χ1v) is 19.8. The van der Waals surface area contributed by atoms with E-state index in [-0.39, 0.29) is 24.2 Å². The summed E-state index contributed by atoms with van der Waals surface area (Å²) in [5.41, 5.74) is 7.08. The Bertz CT molecular complexity index is 1890. The molecule has 5 aromatic carbocycles. The molecule has 3 amide bonds. The van der Waals surface area contributed by atoms with E-state index in [1.165, 1.54) is 0 Å². The minimum Gasteiger partial charge on any atom is -0.449 e. The Morgan fingerprint density at radius 3 is 1.56 bits per heavy atom. The summed E-state index contributed by atoms with van der Waals surface area (Å²) in [6.45, 7) is 6.36. The van der Waals surface area contributed by atoms with Crippen molar-refractivity contribution in [3.63, 3.8) is 0 Å². The average Bonchev–Trinajstić information content (AvgIpc) is 3.52. The minimum absolute atomic E-state index is 0.115. The zero-order valence-corrected chi connectivity index (χ0v) is 32.4. The lowest BCUT2D eigenvalue weighted by atomic mass is 9.84. The molecular weight excluding hydrogens is 707 g/mol. The van der Waals surface area contributed by atoms with Crippen LogP contribution in [0.2, 0.25) is 0 Å². The monoisotopic (exact) mass is 755 g/mol. The second-order valence-electron chi connectivity index (χ2n) is 14.5. The first kappa shape index (κ1) is 39.2. The van der Waals surface area contributed by atoms with Crippen LogP contribution < -0.4 is 16.0 Å². The number of carbonyl (C=O) groups is 3.